The van der Waals surface area contributed by atoms with Gasteiger partial charge in [0.15, 0.2) is 0 Å². The topological polar surface area (TPSA) is 84.9 Å². The average Bonchev–Trinajstić information content (AvgIpc) is 3.70. The van der Waals surface area contributed by atoms with Crippen LogP contribution in [0.25, 0.3) is 0 Å². The second kappa shape index (κ2) is 14.1. The van der Waals surface area contributed by atoms with Gasteiger partial charge in [0.25, 0.3) is 0 Å². The minimum Gasteiger partial charge on any atom is -0.464 e. The standard InChI is InChI=1S/C34H41ClN2O5/c1-5-8-9-10-11-13-23(4)32(39)37-22-24-16-17-29(42-28-15-12-14-27(35)20-28)18-25(24)19-30(37)31(38)36-34(21-26(34)6-2)33(40)41-7-3/h5-6,12,14-18,20,23,26,30H,1-2,7-11,13,19,21-22H2,3-4H3,(H,36,38)/t23-,26+,30?,34+/m0/s1. The van der Waals surface area contributed by atoms with Gasteiger partial charge in [0.2, 0.25) is 11.8 Å². The van der Waals surface area contributed by atoms with Crippen molar-refractivity contribution < 1.29 is 23.9 Å². The lowest BCUT2D eigenvalue weighted by atomic mass is 9.90. The highest BCUT2D eigenvalue weighted by atomic mass is 35.5. The lowest BCUT2D eigenvalue weighted by Gasteiger charge is -2.38. The van der Waals surface area contributed by atoms with Crippen LogP contribution in [-0.4, -0.2) is 40.9 Å². The Hall–Kier alpha value is -3.58. The number of allylic oxidation sites excluding steroid dienone is 1. The maximum absolute atomic E-state index is 13.9. The van der Waals surface area contributed by atoms with Crippen molar-refractivity contribution in [2.75, 3.05) is 6.61 Å². The van der Waals surface area contributed by atoms with E-state index in [4.69, 9.17) is 21.1 Å². The van der Waals surface area contributed by atoms with Crippen LogP contribution < -0.4 is 10.1 Å². The number of esters is 1. The number of rotatable bonds is 14. The number of carbonyl (C=O) groups excluding carboxylic acids is 3. The first-order chi connectivity index (χ1) is 20.2. The maximum Gasteiger partial charge on any atom is 0.332 e. The molecule has 1 saturated carbocycles. The second-order valence-corrected chi connectivity index (χ2v) is 11.7. The Bertz CT molecular complexity index is 1330. The second-order valence-electron chi connectivity index (χ2n) is 11.2. The van der Waals surface area contributed by atoms with Crippen molar-refractivity contribution >= 4 is 29.4 Å². The number of nitrogens with zero attached hydrogens (tertiary/aromatic N) is 1. The number of hydrogen-bond donors (Lipinski definition) is 1. The van der Waals surface area contributed by atoms with Gasteiger partial charge in [-0.15, -0.1) is 13.2 Å². The van der Waals surface area contributed by atoms with Gasteiger partial charge in [0, 0.05) is 29.8 Å². The van der Waals surface area contributed by atoms with Gasteiger partial charge in [0.05, 0.1) is 6.61 Å². The molecular formula is C34H41ClN2O5. The van der Waals surface area contributed by atoms with Crippen molar-refractivity contribution in [3.8, 4) is 11.5 Å². The Morgan fingerprint density at radius 1 is 1.12 bits per heavy atom. The molecule has 2 aliphatic rings. The molecule has 0 spiro atoms. The minimum atomic E-state index is -1.14. The Labute approximate surface area is 253 Å². The van der Waals surface area contributed by atoms with Gasteiger partial charge < -0.3 is 19.7 Å². The molecule has 0 bridgehead atoms. The summed E-state index contributed by atoms with van der Waals surface area (Å²) in [6.45, 7) is 11.8. The summed E-state index contributed by atoms with van der Waals surface area (Å²) < 4.78 is 11.3. The van der Waals surface area contributed by atoms with Crippen LogP contribution in [0.3, 0.4) is 0 Å². The van der Waals surface area contributed by atoms with Crippen molar-refractivity contribution in [2.24, 2.45) is 11.8 Å². The lowest BCUT2D eigenvalue weighted by Crippen LogP contribution is -2.57. The molecule has 42 heavy (non-hydrogen) atoms. The molecule has 0 radical (unpaired) electrons. The van der Waals surface area contributed by atoms with E-state index in [9.17, 15) is 14.4 Å². The highest BCUT2D eigenvalue weighted by Crippen LogP contribution is 2.45. The number of nitrogens with one attached hydrogen (secondary N) is 1. The monoisotopic (exact) mass is 592 g/mol. The van der Waals surface area contributed by atoms with E-state index < -0.39 is 17.6 Å². The van der Waals surface area contributed by atoms with E-state index >= 15 is 0 Å². The molecule has 1 fully saturated rings. The molecule has 8 heteroatoms. The fourth-order valence-electron chi connectivity index (χ4n) is 5.64. The molecule has 1 heterocycles. The Kier molecular flexibility index (Phi) is 10.5. The Morgan fingerprint density at radius 3 is 2.60 bits per heavy atom. The van der Waals surface area contributed by atoms with Crippen LogP contribution in [0, 0.1) is 11.8 Å². The number of carbonyl (C=O) groups is 3. The molecule has 0 aromatic heterocycles. The van der Waals surface area contributed by atoms with E-state index in [1.807, 2.05) is 43.3 Å². The quantitative estimate of drug-likeness (QED) is 0.148. The first kappa shape index (κ1) is 31.4. The first-order valence-corrected chi connectivity index (χ1v) is 15.2. The van der Waals surface area contributed by atoms with Gasteiger partial charge in [-0.2, -0.15) is 0 Å². The number of unbranched alkanes of at least 4 members (excludes halogenated alkanes) is 3. The Morgan fingerprint density at radius 2 is 1.90 bits per heavy atom. The van der Waals surface area contributed by atoms with E-state index in [1.165, 1.54) is 0 Å². The third-order valence-electron chi connectivity index (χ3n) is 8.18. The van der Waals surface area contributed by atoms with Gasteiger partial charge in [-0.05, 0) is 74.1 Å². The highest BCUT2D eigenvalue weighted by molar-refractivity contribution is 6.30. The summed E-state index contributed by atoms with van der Waals surface area (Å²) in [7, 11) is 0. The third kappa shape index (κ3) is 7.24. The summed E-state index contributed by atoms with van der Waals surface area (Å²) in [6.07, 6.45) is 9.01. The predicted molar refractivity (Wildman–Crippen MR) is 164 cm³/mol. The smallest absolute Gasteiger partial charge is 0.332 e. The van der Waals surface area contributed by atoms with Crippen molar-refractivity contribution in [1.29, 1.82) is 0 Å². The third-order valence-corrected chi connectivity index (χ3v) is 8.41. The number of benzene rings is 2. The molecular weight excluding hydrogens is 552 g/mol. The summed E-state index contributed by atoms with van der Waals surface area (Å²) in [6, 6.07) is 12.1. The molecule has 4 rings (SSSR count). The zero-order chi connectivity index (χ0) is 30.3. The predicted octanol–water partition coefficient (Wildman–Crippen LogP) is 6.78. The fourth-order valence-corrected chi connectivity index (χ4v) is 5.82. The average molecular weight is 593 g/mol. The molecule has 224 valence electrons. The van der Waals surface area contributed by atoms with Crippen LogP contribution in [-0.2, 0) is 32.1 Å². The number of ether oxygens (including phenoxy) is 2. The van der Waals surface area contributed by atoms with E-state index in [-0.39, 0.29) is 30.3 Å². The zero-order valence-electron chi connectivity index (χ0n) is 24.6. The van der Waals surface area contributed by atoms with Gasteiger partial charge in [-0.3, -0.25) is 9.59 Å². The zero-order valence-corrected chi connectivity index (χ0v) is 25.3. The van der Waals surface area contributed by atoms with Crippen LogP contribution in [0.5, 0.6) is 11.5 Å². The molecule has 1 N–H and O–H groups in total. The van der Waals surface area contributed by atoms with E-state index in [1.54, 1.807) is 30.0 Å². The maximum atomic E-state index is 13.9. The number of amides is 2. The molecule has 1 aliphatic heterocycles. The summed E-state index contributed by atoms with van der Waals surface area (Å²) >= 11 is 6.12. The fraction of sp³-hybridized carbons (Fsp3) is 0.441. The largest absolute Gasteiger partial charge is 0.464 e. The van der Waals surface area contributed by atoms with Crippen LogP contribution in [0.4, 0.5) is 0 Å². The van der Waals surface area contributed by atoms with Crippen LogP contribution in [0.2, 0.25) is 5.02 Å². The summed E-state index contributed by atoms with van der Waals surface area (Å²) in [5, 5.41) is 3.54. The van der Waals surface area contributed by atoms with Crippen LogP contribution in [0.1, 0.15) is 63.5 Å². The molecule has 4 atom stereocenters. The summed E-state index contributed by atoms with van der Waals surface area (Å²) in [5.41, 5.74) is 0.731. The van der Waals surface area contributed by atoms with Gasteiger partial charge in [-0.1, -0.05) is 55.7 Å². The van der Waals surface area contributed by atoms with Gasteiger partial charge in [-0.25, -0.2) is 4.79 Å². The molecule has 0 saturated heterocycles. The van der Waals surface area contributed by atoms with Crippen molar-refractivity contribution in [1.82, 2.24) is 10.2 Å². The SMILES string of the molecule is C=CCCCCC[C@H](C)C(=O)N1Cc2ccc(Oc3cccc(Cl)c3)cc2CC1C(=O)N[C@]1(C(=O)OCC)C[C@H]1C=C. The molecule has 2 aromatic carbocycles. The van der Waals surface area contributed by atoms with Crippen LogP contribution in [0.15, 0.2) is 67.8 Å². The van der Waals surface area contributed by atoms with Crippen molar-refractivity contribution in [3.63, 3.8) is 0 Å². The van der Waals surface area contributed by atoms with E-state index in [0.717, 1.165) is 43.2 Å². The van der Waals surface area contributed by atoms with E-state index in [0.29, 0.717) is 35.9 Å². The Balaban J connectivity index is 1.57. The first-order valence-electron chi connectivity index (χ1n) is 14.8. The van der Waals surface area contributed by atoms with Crippen molar-refractivity contribution in [2.45, 2.75) is 76.9 Å². The molecule has 2 aromatic rings. The van der Waals surface area contributed by atoms with Gasteiger partial charge >= 0.3 is 5.97 Å². The normalized spacial score (nSPS) is 21.5. The minimum absolute atomic E-state index is 0.0648. The summed E-state index contributed by atoms with van der Waals surface area (Å²) in [5.74, 6) is -0.144. The van der Waals surface area contributed by atoms with E-state index in [2.05, 4.69) is 18.5 Å². The molecule has 1 unspecified atom stereocenters. The van der Waals surface area contributed by atoms with Crippen LogP contribution >= 0.6 is 11.6 Å². The number of hydrogen-bond acceptors (Lipinski definition) is 5. The molecule has 1 aliphatic carbocycles. The van der Waals surface area contributed by atoms with Crippen molar-refractivity contribution in [3.05, 3.63) is 83.9 Å². The van der Waals surface area contributed by atoms with Gasteiger partial charge in [0.1, 0.15) is 23.1 Å². The number of halogens is 1. The summed E-state index contributed by atoms with van der Waals surface area (Å²) in [4.78, 5) is 42.3. The number of fused-ring (bicyclic) bond motifs is 1. The molecule has 7 nitrogen and oxygen atoms in total. The lowest BCUT2D eigenvalue weighted by molar-refractivity contribution is -0.151. The molecule has 2 amide bonds. The highest BCUT2D eigenvalue weighted by Gasteiger charge is 2.61.